The third kappa shape index (κ3) is 6.75. The number of nitro groups is 1. The van der Waals surface area contributed by atoms with Crippen LogP contribution in [0, 0.1) is 10.1 Å². The van der Waals surface area contributed by atoms with Crippen LogP contribution in [-0.4, -0.2) is 41.2 Å². The van der Waals surface area contributed by atoms with Crippen LogP contribution in [0.3, 0.4) is 0 Å². The first-order chi connectivity index (χ1) is 14.7. The van der Waals surface area contributed by atoms with Gasteiger partial charge in [-0.25, -0.2) is 0 Å². The number of pyridine rings is 1. The maximum atomic E-state index is 12.9. The maximum Gasteiger partial charge on any atom is 0.308 e. The lowest BCUT2D eigenvalue weighted by molar-refractivity contribution is -0.385. The molecule has 1 amide bonds. The molecule has 10 heteroatoms. The van der Waals surface area contributed by atoms with Crippen molar-refractivity contribution in [2.75, 3.05) is 13.7 Å². The molecule has 2 aromatic rings. The van der Waals surface area contributed by atoms with Crippen molar-refractivity contribution in [3.63, 3.8) is 0 Å². The van der Waals surface area contributed by atoms with Gasteiger partial charge < -0.3 is 19.4 Å². The molecule has 1 unspecified atom stereocenters. The molecule has 10 nitrogen and oxygen atoms in total. The van der Waals surface area contributed by atoms with E-state index in [9.17, 15) is 24.5 Å². The van der Waals surface area contributed by atoms with Gasteiger partial charge in [-0.3, -0.25) is 24.5 Å². The van der Waals surface area contributed by atoms with Crippen molar-refractivity contribution in [1.82, 2.24) is 9.88 Å². The Morgan fingerprint density at radius 1 is 1.19 bits per heavy atom. The number of nitrogens with one attached hydrogen (secondary N) is 1. The van der Waals surface area contributed by atoms with Gasteiger partial charge in [0, 0.05) is 32.0 Å². The molecule has 1 N–H and O–H groups in total. The number of ether oxygens (including phenoxy) is 2. The number of benzene rings is 1. The van der Waals surface area contributed by atoms with E-state index in [0.29, 0.717) is 0 Å². The predicted molar refractivity (Wildman–Crippen MR) is 112 cm³/mol. The van der Waals surface area contributed by atoms with Crippen LogP contribution in [-0.2, 0) is 20.8 Å². The number of nitrogens with zero attached hydrogens (tertiary/aromatic N) is 2. The number of hydrogen-bond acceptors (Lipinski definition) is 7. The largest absolute Gasteiger partial charge is 0.463 e. The van der Waals surface area contributed by atoms with Gasteiger partial charge in [0.2, 0.25) is 0 Å². The Labute approximate surface area is 178 Å². The van der Waals surface area contributed by atoms with Crippen LogP contribution in [0.2, 0.25) is 0 Å². The summed E-state index contributed by atoms with van der Waals surface area (Å²) >= 11 is 0. The minimum atomic E-state index is -1.00. The van der Waals surface area contributed by atoms with Crippen molar-refractivity contribution in [2.24, 2.45) is 0 Å². The van der Waals surface area contributed by atoms with Gasteiger partial charge in [0.05, 0.1) is 41.2 Å². The van der Waals surface area contributed by atoms with Gasteiger partial charge >= 0.3 is 5.97 Å². The molecule has 1 atom stereocenters. The van der Waals surface area contributed by atoms with Crippen molar-refractivity contribution >= 4 is 17.6 Å². The Bertz CT molecular complexity index is 1000. The highest BCUT2D eigenvalue weighted by Crippen LogP contribution is 2.28. The van der Waals surface area contributed by atoms with E-state index in [1.807, 2.05) is 0 Å². The molecule has 1 aromatic carbocycles. The standard InChI is InChI=1S/C21H25N3O7/c1-14(2)31-20(26)12-17(16-6-4-5-7-18(16)24(28)29)22-21(27)15-8-9-19(25)23(13-15)10-11-30-3/h4-9,13-14,17H,10-12H2,1-3H3,(H,22,27). The van der Waals surface area contributed by atoms with Gasteiger partial charge in [-0.2, -0.15) is 0 Å². The summed E-state index contributed by atoms with van der Waals surface area (Å²) in [5.41, 5.74) is -0.189. The van der Waals surface area contributed by atoms with E-state index in [1.165, 1.54) is 48.2 Å². The highest BCUT2D eigenvalue weighted by atomic mass is 16.6. The van der Waals surface area contributed by atoms with Gasteiger partial charge in [-0.15, -0.1) is 0 Å². The van der Waals surface area contributed by atoms with Crippen LogP contribution in [0.5, 0.6) is 0 Å². The van der Waals surface area contributed by atoms with Gasteiger partial charge in [0.15, 0.2) is 0 Å². The minimum Gasteiger partial charge on any atom is -0.463 e. The second kappa shape index (κ2) is 11.0. The van der Waals surface area contributed by atoms with Crippen LogP contribution in [0.15, 0.2) is 47.4 Å². The van der Waals surface area contributed by atoms with E-state index in [0.717, 1.165) is 0 Å². The highest BCUT2D eigenvalue weighted by molar-refractivity contribution is 5.94. The molecular formula is C21H25N3O7. The highest BCUT2D eigenvalue weighted by Gasteiger charge is 2.27. The molecule has 0 bridgehead atoms. The second-order valence-corrected chi connectivity index (χ2v) is 7.03. The molecule has 2 rings (SSSR count). The van der Waals surface area contributed by atoms with E-state index in [2.05, 4.69) is 5.32 Å². The summed E-state index contributed by atoms with van der Waals surface area (Å²) in [6.07, 6.45) is 0.705. The summed E-state index contributed by atoms with van der Waals surface area (Å²) in [5, 5.41) is 14.1. The molecule has 0 fully saturated rings. The number of hydrogen-bond donors (Lipinski definition) is 1. The summed E-state index contributed by atoms with van der Waals surface area (Å²) in [6, 6.07) is 7.46. The first-order valence-electron chi connectivity index (χ1n) is 9.66. The number of nitro benzene ring substituents is 1. The van der Waals surface area contributed by atoms with E-state index in [-0.39, 0.29) is 48.0 Å². The first kappa shape index (κ1) is 23.7. The third-order valence-electron chi connectivity index (χ3n) is 4.33. The number of esters is 1. The van der Waals surface area contributed by atoms with E-state index in [4.69, 9.17) is 9.47 Å². The van der Waals surface area contributed by atoms with Crippen molar-refractivity contribution in [3.8, 4) is 0 Å². The van der Waals surface area contributed by atoms with Gasteiger partial charge in [-0.1, -0.05) is 18.2 Å². The summed E-state index contributed by atoms with van der Waals surface area (Å²) in [6.45, 7) is 3.90. The fourth-order valence-corrected chi connectivity index (χ4v) is 2.94. The van der Waals surface area contributed by atoms with Crippen LogP contribution < -0.4 is 10.9 Å². The van der Waals surface area contributed by atoms with Crippen LogP contribution >= 0.6 is 0 Å². The van der Waals surface area contributed by atoms with E-state index < -0.39 is 22.8 Å². The molecule has 31 heavy (non-hydrogen) atoms. The molecule has 0 aliphatic carbocycles. The third-order valence-corrected chi connectivity index (χ3v) is 4.33. The monoisotopic (exact) mass is 431 g/mol. The number of amides is 1. The summed E-state index contributed by atoms with van der Waals surface area (Å²) < 4.78 is 11.4. The Kier molecular flexibility index (Phi) is 8.44. The number of para-hydroxylation sites is 1. The Morgan fingerprint density at radius 3 is 2.55 bits per heavy atom. The van der Waals surface area contributed by atoms with Crippen LogP contribution in [0.25, 0.3) is 0 Å². The zero-order valence-electron chi connectivity index (χ0n) is 17.6. The van der Waals surface area contributed by atoms with Crippen LogP contribution in [0.1, 0.15) is 42.2 Å². The number of aromatic nitrogens is 1. The second-order valence-electron chi connectivity index (χ2n) is 7.03. The molecule has 0 saturated heterocycles. The first-order valence-corrected chi connectivity index (χ1v) is 9.66. The molecule has 1 heterocycles. The molecule has 0 aliphatic heterocycles. The van der Waals surface area contributed by atoms with E-state index >= 15 is 0 Å². The quantitative estimate of drug-likeness (QED) is 0.347. The van der Waals surface area contributed by atoms with Gasteiger partial charge in [0.1, 0.15) is 0 Å². The van der Waals surface area contributed by atoms with Crippen molar-refractivity contribution < 1.29 is 24.0 Å². The minimum absolute atomic E-state index is 0.163. The molecule has 0 radical (unpaired) electrons. The summed E-state index contributed by atoms with van der Waals surface area (Å²) in [5.74, 6) is -1.20. The topological polar surface area (TPSA) is 130 Å². The Morgan fingerprint density at radius 2 is 1.90 bits per heavy atom. The fourth-order valence-electron chi connectivity index (χ4n) is 2.94. The zero-order chi connectivity index (χ0) is 23.0. The SMILES string of the molecule is COCCn1cc(C(=O)NC(CC(=O)OC(C)C)c2ccccc2[N+](=O)[O-])ccc1=O. The van der Waals surface area contributed by atoms with Crippen molar-refractivity contribution in [3.05, 3.63) is 74.2 Å². The van der Waals surface area contributed by atoms with Crippen molar-refractivity contribution in [1.29, 1.82) is 0 Å². The maximum absolute atomic E-state index is 12.9. The Balaban J connectivity index is 2.35. The smallest absolute Gasteiger partial charge is 0.308 e. The molecule has 1 aromatic heterocycles. The number of carbonyl (C=O) groups excluding carboxylic acids is 2. The lowest BCUT2D eigenvalue weighted by Gasteiger charge is -2.19. The lowest BCUT2D eigenvalue weighted by Crippen LogP contribution is -2.32. The van der Waals surface area contributed by atoms with E-state index in [1.54, 1.807) is 19.9 Å². The molecule has 0 saturated carbocycles. The molecule has 0 spiro atoms. The molecular weight excluding hydrogens is 406 g/mol. The molecule has 0 aliphatic rings. The molecule has 166 valence electrons. The number of methoxy groups -OCH3 is 1. The van der Waals surface area contributed by atoms with Crippen molar-refractivity contribution in [2.45, 2.75) is 39.0 Å². The fraction of sp³-hybridized carbons (Fsp3) is 0.381. The zero-order valence-corrected chi connectivity index (χ0v) is 17.6. The average Bonchev–Trinajstić information content (AvgIpc) is 2.72. The lowest BCUT2D eigenvalue weighted by atomic mass is 10.0. The normalized spacial score (nSPS) is 11.7. The van der Waals surface area contributed by atoms with Gasteiger partial charge in [-0.05, 0) is 19.9 Å². The summed E-state index contributed by atoms with van der Waals surface area (Å²) in [7, 11) is 1.50. The number of carbonyl (C=O) groups is 2. The van der Waals surface area contributed by atoms with Gasteiger partial charge in [0.25, 0.3) is 17.2 Å². The average molecular weight is 431 g/mol. The Hall–Kier alpha value is -3.53. The predicted octanol–water partition coefficient (Wildman–Crippen LogP) is 2.22. The van der Waals surface area contributed by atoms with Crippen LogP contribution in [0.4, 0.5) is 5.69 Å². The number of rotatable bonds is 10. The summed E-state index contributed by atoms with van der Waals surface area (Å²) in [4.78, 5) is 48.0.